The molecule has 0 aliphatic heterocycles. The van der Waals surface area contributed by atoms with Gasteiger partial charge in [0.25, 0.3) is 0 Å². The largest absolute Gasteiger partial charge is 0.493 e. The Morgan fingerprint density at radius 1 is 1.25 bits per heavy atom. The Hall–Kier alpha value is -2.35. The SMILES string of the molecule is Cc1nc(-c2cc(C)c(OCCCC#N)c(C)c2)no1. The van der Waals surface area contributed by atoms with Gasteiger partial charge < -0.3 is 9.26 Å². The van der Waals surface area contributed by atoms with Gasteiger partial charge in [-0.15, -0.1) is 0 Å². The first-order valence-corrected chi connectivity index (χ1v) is 6.53. The molecule has 0 bridgehead atoms. The summed E-state index contributed by atoms with van der Waals surface area (Å²) in [6.07, 6.45) is 1.25. The molecule has 0 radical (unpaired) electrons. The van der Waals surface area contributed by atoms with E-state index in [4.69, 9.17) is 14.5 Å². The van der Waals surface area contributed by atoms with Crippen molar-refractivity contribution in [3.8, 4) is 23.2 Å². The highest BCUT2D eigenvalue weighted by Gasteiger charge is 2.11. The number of hydrogen-bond donors (Lipinski definition) is 0. The molecule has 0 spiro atoms. The fourth-order valence-electron chi connectivity index (χ4n) is 2.05. The highest BCUT2D eigenvalue weighted by Crippen LogP contribution is 2.29. The van der Waals surface area contributed by atoms with Crippen LogP contribution in [0, 0.1) is 32.1 Å². The van der Waals surface area contributed by atoms with Gasteiger partial charge in [-0.3, -0.25) is 0 Å². The van der Waals surface area contributed by atoms with Crippen LogP contribution in [-0.2, 0) is 0 Å². The van der Waals surface area contributed by atoms with E-state index in [1.807, 2.05) is 26.0 Å². The lowest BCUT2D eigenvalue weighted by Crippen LogP contribution is -2.01. The number of rotatable bonds is 5. The molecule has 1 heterocycles. The van der Waals surface area contributed by atoms with Crippen molar-refractivity contribution in [2.24, 2.45) is 0 Å². The van der Waals surface area contributed by atoms with Gasteiger partial charge >= 0.3 is 0 Å². The summed E-state index contributed by atoms with van der Waals surface area (Å²) in [4.78, 5) is 4.22. The molecule has 2 rings (SSSR count). The van der Waals surface area contributed by atoms with Crippen LogP contribution >= 0.6 is 0 Å². The molecule has 0 fully saturated rings. The van der Waals surface area contributed by atoms with Gasteiger partial charge in [0.05, 0.1) is 12.7 Å². The van der Waals surface area contributed by atoms with Crippen LogP contribution in [0.4, 0.5) is 0 Å². The molecule has 0 aliphatic rings. The van der Waals surface area contributed by atoms with Crippen molar-refractivity contribution in [3.05, 3.63) is 29.2 Å². The smallest absolute Gasteiger partial charge is 0.223 e. The minimum Gasteiger partial charge on any atom is -0.493 e. The highest BCUT2D eigenvalue weighted by atomic mass is 16.5. The fraction of sp³-hybridized carbons (Fsp3) is 0.400. The fourth-order valence-corrected chi connectivity index (χ4v) is 2.05. The Morgan fingerprint density at radius 2 is 1.95 bits per heavy atom. The molecular formula is C15H17N3O2. The average molecular weight is 271 g/mol. The summed E-state index contributed by atoms with van der Waals surface area (Å²) in [6, 6.07) is 6.08. The maximum absolute atomic E-state index is 8.51. The number of benzene rings is 1. The van der Waals surface area contributed by atoms with Crippen molar-refractivity contribution in [2.45, 2.75) is 33.6 Å². The van der Waals surface area contributed by atoms with E-state index in [0.717, 1.165) is 28.9 Å². The minimum atomic E-state index is 0.512. The predicted molar refractivity (Wildman–Crippen MR) is 74.3 cm³/mol. The molecule has 0 amide bonds. The number of ether oxygens (including phenoxy) is 1. The van der Waals surface area contributed by atoms with E-state index in [1.54, 1.807) is 6.92 Å². The normalized spacial score (nSPS) is 10.3. The molecule has 0 N–H and O–H groups in total. The molecule has 1 aromatic carbocycles. The number of hydrogen-bond acceptors (Lipinski definition) is 5. The molecule has 20 heavy (non-hydrogen) atoms. The van der Waals surface area contributed by atoms with Gasteiger partial charge in [0, 0.05) is 18.9 Å². The lowest BCUT2D eigenvalue weighted by molar-refractivity contribution is 0.308. The molecule has 0 atom stereocenters. The molecule has 0 unspecified atom stereocenters. The first-order valence-electron chi connectivity index (χ1n) is 6.53. The summed E-state index contributed by atoms with van der Waals surface area (Å²) in [7, 11) is 0. The number of nitriles is 1. The molecule has 104 valence electrons. The van der Waals surface area contributed by atoms with Gasteiger partial charge in [-0.2, -0.15) is 10.2 Å². The third-order valence-electron chi connectivity index (χ3n) is 2.93. The maximum atomic E-state index is 8.51. The van der Waals surface area contributed by atoms with E-state index in [2.05, 4.69) is 16.2 Å². The van der Waals surface area contributed by atoms with Crippen LogP contribution in [0.15, 0.2) is 16.7 Å². The van der Waals surface area contributed by atoms with Crippen LogP contribution in [0.2, 0.25) is 0 Å². The van der Waals surface area contributed by atoms with Gasteiger partial charge in [-0.1, -0.05) is 5.16 Å². The van der Waals surface area contributed by atoms with Crippen molar-refractivity contribution in [3.63, 3.8) is 0 Å². The molecule has 1 aromatic heterocycles. The van der Waals surface area contributed by atoms with E-state index in [1.165, 1.54) is 0 Å². The molecule has 5 heteroatoms. The molecule has 0 saturated carbocycles. The molecular weight excluding hydrogens is 254 g/mol. The summed E-state index contributed by atoms with van der Waals surface area (Å²) in [6.45, 7) is 6.30. The Balaban J connectivity index is 2.18. The number of nitrogens with zero attached hydrogens (tertiary/aromatic N) is 3. The van der Waals surface area contributed by atoms with Gasteiger partial charge in [0.2, 0.25) is 11.7 Å². The minimum absolute atomic E-state index is 0.512. The van der Waals surface area contributed by atoms with Crippen LogP contribution in [0.5, 0.6) is 5.75 Å². The maximum Gasteiger partial charge on any atom is 0.223 e. The van der Waals surface area contributed by atoms with Crippen LogP contribution in [-0.4, -0.2) is 16.7 Å². The topological polar surface area (TPSA) is 71.9 Å². The van der Waals surface area contributed by atoms with Crippen molar-refractivity contribution >= 4 is 0 Å². The van der Waals surface area contributed by atoms with Crippen molar-refractivity contribution < 1.29 is 9.26 Å². The molecule has 0 saturated heterocycles. The van der Waals surface area contributed by atoms with E-state index in [0.29, 0.717) is 24.7 Å². The Labute approximate surface area is 118 Å². The molecule has 2 aromatic rings. The lowest BCUT2D eigenvalue weighted by Gasteiger charge is -2.12. The zero-order chi connectivity index (χ0) is 14.5. The first-order chi connectivity index (χ1) is 9.61. The predicted octanol–water partition coefficient (Wildman–Crippen LogP) is 3.34. The van der Waals surface area contributed by atoms with Gasteiger partial charge in [-0.05, 0) is 43.5 Å². The van der Waals surface area contributed by atoms with Crippen molar-refractivity contribution in [2.75, 3.05) is 6.61 Å². The van der Waals surface area contributed by atoms with Crippen LogP contribution in [0.1, 0.15) is 29.9 Å². The number of aryl methyl sites for hydroxylation is 3. The van der Waals surface area contributed by atoms with Crippen LogP contribution in [0.25, 0.3) is 11.4 Å². The Kier molecular flexibility index (Phi) is 4.36. The zero-order valence-electron chi connectivity index (χ0n) is 11.9. The third-order valence-corrected chi connectivity index (χ3v) is 2.93. The van der Waals surface area contributed by atoms with E-state index >= 15 is 0 Å². The standard InChI is InChI=1S/C15H17N3O2/c1-10-8-13(15-17-12(3)20-18-15)9-11(2)14(10)19-7-5-4-6-16/h8-9H,4-5,7H2,1-3H3. The number of aromatic nitrogens is 2. The average Bonchev–Trinajstić information content (AvgIpc) is 2.83. The highest BCUT2D eigenvalue weighted by molar-refractivity contribution is 5.60. The summed E-state index contributed by atoms with van der Waals surface area (Å²) < 4.78 is 10.7. The quantitative estimate of drug-likeness (QED) is 0.780. The second kappa shape index (κ2) is 6.20. The summed E-state index contributed by atoms with van der Waals surface area (Å²) in [5.41, 5.74) is 2.97. The summed E-state index contributed by atoms with van der Waals surface area (Å²) >= 11 is 0. The third kappa shape index (κ3) is 3.15. The van der Waals surface area contributed by atoms with Gasteiger partial charge in [0.15, 0.2) is 0 Å². The van der Waals surface area contributed by atoms with Crippen LogP contribution in [0.3, 0.4) is 0 Å². The van der Waals surface area contributed by atoms with E-state index in [-0.39, 0.29) is 0 Å². The Bertz CT molecular complexity index is 618. The van der Waals surface area contributed by atoms with E-state index < -0.39 is 0 Å². The first kappa shape index (κ1) is 14.1. The Morgan fingerprint density at radius 3 is 2.50 bits per heavy atom. The van der Waals surface area contributed by atoms with Crippen molar-refractivity contribution in [1.82, 2.24) is 10.1 Å². The van der Waals surface area contributed by atoms with Gasteiger partial charge in [0.1, 0.15) is 5.75 Å². The molecule has 5 nitrogen and oxygen atoms in total. The monoisotopic (exact) mass is 271 g/mol. The summed E-state index contributed by atoms with van der Waals surface area (Å²) in [5, 5.41) is 12.4. The number of unbranched alkanes of at least 4 members (excludes halogenated alkanes) is 1. The van der Waals surface area contributed by atoms with Crippen LogP contribution < -0.4 is 4.74 Å². The summed E-state index contributed by atoms with van der Waals surface area (Å²) in [5.74, 6) is 2.00. The zero-order valence-corrected chi connectivity index (χ0v) is 11.9. The molecule has 0 aliphatic carbocycles. The van der Waals surface area contributed by atoms with Gasteiger partial charge in [-0.25, -0.2) is 0 Å². The second-order valence-electron chi connectivity index (χ2n) is 4.69. The van der Waals surface area contributed by atoms with E-state index in [9.17, 15) is 0 Å². The second-order valence-corrected chi connectivity index (χ2v) is 4.69. The van der Waals surface area contributed by atoms with Crippen molar-refractivity contribution in [1.29, 1.82) is 5.26 Å². The lowest BCUT2D eigenvalue weighted by atomic mass is 10.1.